The molecule has 1 aliphatic rings. The topological polar surface area (TPSA) is 38.5 Å². The predicted octanol–water partition coefficient (Wildman–Crippen LogP) is 1.07. The first-order valence-corrected chi connectivity index (χ1v) is 4.62. The summed E-state index contributed by atoms with van der Waals surface area (Å²) in [6, 6.07) is 6.42. The zero-order valence-electron chi connectivity index (χ0n) is 7.82. The fourth-order valence-electron chi connectivity index (χ4n) is 1.59. The van der Waals surface area contributed by atoms with Crippen molar-refractivity contribution in [3.63, 3.8) is 0 Å². The maximum absolute atomic E-state index is 12.7. The van der Waals surface area contributed by atoms with Gasteiger partial charge in [-0.05, 0) is 17.7 Å². The van der Waals surface area contributed by atoms with Crippen LogP contribution in [0.3, 0.4) is 0 Å². The lowest BCUT2D eigenvalue weighted by Crippen LogP contribution is -2.44. The Balaban J connectivity index is 2.16. The van der Waals surface area contributed by atoms with Gasteiger partial charge in [0.2, 0.25) is 0 Å². The molecule has 3 nitrogen and oxygen atoms in total. The summed E-state index contributed by atoms with van der Waals surface area (Å²) in [4.78, 5) is 0. The SMILES string of the molecule is NN1CCOCC1c1ccc(F)cc1. The van der Waals surface area contributed by atoms with E-state index in [1.54, 1.807) is 17.1 Å². The third-order valence-corrected chi connectivity index (χ3v) is 2.42. The third kappa shape index (κ3) is 1.92. The number of ether oxygens (including phenoxy) is 1. The highest BCUT2D eigenvalue weighted by Crippen LogP contribution is 2.21. The van der Waals surface area contributed by atoms with Crippen LogP contribution in [0.1, 0.15) is 11.6 Å². The second-order valence-corrected chi connectivity index (χ2v) is 3.38. The number of halogens is 1. The van der Waals surface area contributed by atoms with E-state index in [0.717, 1.165) is 5.56 Å². The molecule has 0 bridgehead atoms. The highest BCUT2D eigenvalue weighted by atomic mass is 19.1. The lowest BCUT2D eigenvalue weighted by atomic mass is 10.1. The first-order chi connectivity index (χ1) is 6.77. The van der Waals surface area contributed by atoms with Gasteiger partial charge in [0.1, 0.15) is 5.82 Å². The van der Waals surface area contributed by atoms with Gasteiger partial charge in [-0.15, -0.1) is 0 Å². The summed E-state index contributed by atoms with van der Waals surface area (Å²) in [7, 11) is 0. The van der Waals surface area contributed by atoms with Crippen LogP contribution in [0.25, 0.3) is 0 Å². The van der Waals surface area contributed by atoms with E-state index in [0.29, 0.717) is 19.8 Å². The Kier molecular flexibility index (Phi) is 2.77. The molecule has 1 aromatic carbocycles. The number of nitrogens with two attached hydrogens (primary N) is 1. The van der Waals surface area contributed by atoms with Crippen LogP contribution in [0, 0.1) is 5.82 Å². The van der Waals surface area contributed by atoms with Crippen LogP contribution in [0.2, 0.25) is 0 Å². The maximum Gasteiger partial charge on any atom is 0.123 e. The minimum Gasteiger partial charge on any atom is -0.378 e. The quantitative estimate of drug-likeness (QED) is 0.683. The number of morpholine rings is 1. The normalized spacial score (nSPS) is 23.7. The number of hydrogen-bond donors (Lipinski definition) is 1. The van der Waals surface area contributed by atoms with Crippen molar-refractivity contribution in [2.45, 2.75) is 6.04 Å². The predicted molar refractivity (Wildman–Crippen MR) is 50.9 cm³/mol. The summed E-state index contributed by atoms with van der Waals surface area (Å²) in [6.07, 6.45) is 0. The third-order valence-electron chi connectivity index (χ3n) is 2.42. The van der Waals surface area contributed by atoms with Gasteiger partial charge >= 0.3 is 0 Å². The van der Waals surface area contributed by atoms with Crippen LogP contribution >= 0.6 is 0 Å². The van der Waals surface area contributed by atoms with E-state index in [1.807, 2.05) is 0 Å². The van der Waals surface area contributed by atoms with Gasteiger partial charge in [-0.3, -0.25) is 5.84 Å². The van der Waals surface area contributed by atoms with Gasteiger partial charge in [-0.2, -0.15) is 0 Å². The molecule has 1 atom stereocenters. The van der Waals surface area contributed by atoms with E-state index in [4.69, 9.17) is 10.6 Å². The van der Waals surface area contributed by atoms with Gasteiger partial charge in [-0.25, -0.2) is 9.40 Å². The molecular weight excluding hydrogens is 183 g/mol. The molecule has 14 heavy (non-hydrogen) atoms. The number of hydrazine groups is 1. The Labute approximate surface area is 82.2 Å². The van der Waals surface area contributed by atoms with Crippen molar-refractivity contribution in [2.24, 2.45) is 5.84 Å². The molecule has 0 aromatic heterocycles. The smallest absolute Gasteiger partial charge is 0.123 e. The molecule has 0 radical (unpaired) electrons. The van der Waals surface area contributed by atoms with Crippen molar-refractivity contribution in [3.8, 4) is 0 Å². The van der Waals surface area contributed by atoms with Crippen LogP contribution in [-0.4, -0.2) is 24.8 Å². The summed E-state index contributed by atoms with van der Waals surface area (Å²) in [5, 5.41) is 1.73. The molecule has 1 aromatic rings. The molecule has 4 heteroatoms. The Morgan fingerprint density at radius 1 is 1.36 bits per heavy atom. The Hall–Kier alpha value is -0.970. The molecule has 2 N–H and O–H groups in total. The summed E-state index contributed by atoms with van der Waals surface area (Å²) in [5.74, 6) is 5.58. The summed E-state index contributed by atoms with van der Waals surface area (Å²) in [5.41, 5.74) is 0.994. The van der Waals surface area contributed by atoms with E-state index in [2.05, 4.69) is 0 Å². The zero-order chi connectivity index (χ0) is 9.97. The van der Waals surface area contributed by atoms with Crippen LogP contribution < -0.4 is 5.84 Å². The Morgan fingerprint density at radius 3 is 2.71 bits per heavy atom. The van der Waals surface area contributed by atoms with Crippen molar-refractivity contribution in [1.29, 1.82) is 0 Å². The number of rotatable bonds is 1. The summed E-state index contributed by atoms with van der Waals surface area (Å²) < 4.78 is 18.0. The van der Waals surface area contributed by atoms with E-state index in [1.165, 1.54) is 12.1 Å². The molecule has 2 rings (SSSR count). The van der Waals surface area contributed by atoms with Gasteiger partial charge in [0.25, 0.3) is 0 Å². The molecule has 1 heterocycles. The molecule has 1 unspecified atom stereocenters. The summed E-state index contributed by atoms with van der Waals surface area (Å²) >= 11 is 0. The van der Waals surface area contributed by atoms with Crippen molar-refractivity contribution >= 4 is 0 Å². The van der Waals surface area contributed by atoms with E-state index in [-0.39, 0.29) is 11.9 Å². The van der Waals surface area contributed by atoms with Crippen molar-refractivity contribution < 1.29 is 9.13 Å². The highest BCUT2D eigenvalue weighted by Gasteiger charge is 2.21. The van der Waals surface area contributed by atoms with Gasteiger partial charge in [0.05, 0.1) is 19.3 Å². The van der Waals surface area contributed by atoms with Crippen molar-refractivity contribution in [3.05, 3.63) is 35.6 Å². The van der Waals surface area contributed by atoms with E-state index >= 15 is 0 Å². The van der Waals surface area contributed by atoms with Gasteiger partial charge in [0.15, 0.2) is 0 Å². The molecule has 76 valence electrons. The Bertz CT molecular complexity index is 301. The van der Waals surface area contributed by atoms with Gasteiger partial charge in [0, 0.05) is 6.54 Å². The molecule has 1 aliphatic heterocycles. The van der Waals surface area contributed by atoms with Crippen LogP contribution in [-0.2, 0) is 4.74 Å². The number of benzene rings is 1. The lowest BCUT2D eigenvalue weighted by Gasteiger charge is -2.31. The molecular formula is C10H13FN2O. The van der Waals surface area contributed by atoms with Crippen molar-refractivity contribution in [2.75, 3.05) is 19.8 Å². The van der Waals surface area contributed by atoms with Crippen LogP contribution in [0.5, 0.6) is 0 Å². The average Bonchev–Trinajstić information content (AvgIpc) is 2.20. The fourth-order valence-corrected chi connectivity index (χ4v) is 1.59. The number of hydrogen-bond acceptors (Lipinski definition) is 3. The second kappa shape index (κ2) is 4.04. The second-order valence-electron chi connectivity index (χ2n) is 3.38. The van der Waals surface area contributed by atoms with E-state index < -0.39 is 0 Å². The number of nitrogens with zero attached hydrogens (tertiary/aromatic N) is 1. The van der Waals surface area contributed by atoms with Crippen LogP contribution in [0.4, 0.5) is 4.39 Å². The molecule has 0 amide bonds. The average molecular weight is 196 g/mol. The zero-order valence-corrected chi connectivity index (χ0v) is 7.82. The first kappa shape index (κ1) is 9.58. The van der Waals surface area contributed by atoms with Crippen LogP contribution in [0.15, 0.2) is 24.3 Å². The fraction of sp³-hybridized carbons (Fsp3) is 0.400. The van der Waals surface area contributed by atoms with Crippen molar-refractivity contribution in [1.82, 2.24) is 5.01 Å². The maximum atomic E-state index is 12.7. The highest BCUT2D eigenvalue weighted by molar-refractivity contribution is 5.20. The minimum atomic E-state index is -0.228. The van der Waals surface area contributed by atoms with Gasteiger partial charge < -0.3 is 4.74 Å². The lowest BCUT2D eigenvalue weighted by molar-refractivity contribution is -0.00896. The van der Waals surface area contributed by atoms with E-state index in [9.17, 15) is 4.39 Å². The first-order valence-electron chi connectivity index (χ1n) is 4.62. The monoisotopic (exact) mass is 196 g/mol. The molecule has 0 saturated carbocycles. The van der Waals surface area contributed by atoms with Gasteiger partial charge in [-0.1, -0.05) is 12.1 Å². The molecule has 0 aliphatic carbocycles. The molecule has 1 fully saturated rings. The summed E-state index contributed by atoms with van der Waals surface area (Å²) in [6.45, 7) is 1.94. The molecule has 1 saturated heterocycles. The molecule has 0 spiro atoms. The largest absolute Gasteiger partial charge is 0.378 e. The standard InChI is InChI=1S/C10H13FN2O/c11-9-3-1-8(2-4-9)10-7-14-6-5-13(10)12/h1-4,10H,5-7,12H2. The minimum absolute atomic E-state index is 0.0457. The Morgan fingerprint density at radius 2 is 2.07 bits per heavy atom.